The van der Waals surface area contributed by atoms with Crippen LogP contribution in [0.4, 0.5) is 0 Å². The van der Waals surface area contributed by atoms with Crippen LogP contribution in [0.15, 0.2) is 41.8 Å². The van der Waals surface area contributed by atoms with Crippen molar-refractivity contribution in [2.45, 2.75) is 31.8 Å². The summed E-state index contributed by atoms with van der Waals surface area (Å²) in [7, 11) is 0. The van der Waals surface area contributed by atoms with Gasteiger partial charge in [0.15, 0.2) is 0 Å². The number of rotatable bonds is 6. The summed E-state index contributed by atoms with van der Waals surface area (Å²) < 4.78 is 0. The molecule has 1 atom stereocenters. The van der Waals surface area contributed by atoms with E-state index < -0.39 is 0 Å². The Bertz CT molecular complexity index is 603. The lowest BCUT2D eigenvalue weighted by Crippen LogP contribution is -2.27. The van der Waals surface area contributed by atoms with E-state index in [9.17, 15) is 0 Å². The zero-order chi connectivity index (χ0) is 14.8. The molecule has 1 N–H and O–H groups in total. The molecule has 2 aliphatic rings. The lowest BCUT2D eigenvalue weighted by atomic mass is 10.1. The van der Waals surface area contributed by atoms with Gasteiger partial charge in [0.25, 0.3) is 0 Å². The molecule has 0 radical (unpaired) electrons. The second-order valence-electron chi connectivity index (χ2n) is 6.68. The van der Waals surface area contributed by atoms with Crippen molar-refractivity contribution in [2.75, 3.05) is 19.6 Å². The molecule has 2 heterocycles. The molecule has 1 aromatic carbocycles. The molecular formula is C19H24N2S. The SMILES string of the molecule is c1ccc(-c2csc(CNCC3CCN(C4CC4)C3)c2)cc1. The van der Waals surface area contributed by atoms with Crippen molar-refractivity contribution < 1.29 is 0 Å². The van der Waals surface area contributed by atoms with Gasteiger partial charge in [0.1, 0.15) is 0 Å². The summed E-state index contributed by atoms with van der Waals surface area (Å²) in [5.74, 6) is 0.856. The van der Waals surface area contributed by atoms with Gasteiger partial charge < -0.3 is 10.2 Å². The van der Waals surface area contributed by atoms with Crippen molar-refractivity contribution >= 4 is 11.3 Å². The van der Waals surface area contributed by atoms with Gasteiger partial charge in [-0.1, -0.05) is 30.3 Å². The topological polar surface area (TPSA) is 15.3 Å². The molecule has 22 heavy (non-hydrogen) atoms. The standard InChI is InChI=1S/C19H24N2S/c1-2-4-16(5-3-1)17-10-19(22-14-17)12-20-11-15-8-9-21(13-15)18-6-7-18/h1-5,10,14-15,18,20H,6-9,11-13H2. The van der Waals surface area contributed by atoms with Crippen LogP contribution < -0.4 is 5.32 Å². The number of hydrogen-bond donors (Lipinski definition) is 1. The molecular weight excluding hydrogens is 288 g/mol. The van der Waals surface area contributed by atoms with Crippen molar-refractivity contribution in [3.8, 4) is 11.1 Å². The predicted octanol–water partition coefficient (Wildman–Crippen LogP) is 3.99. The molecule has 1 aromatic heterocycles. The Morgan fingerprint density at radius 1 is 1.09 bits per heavy atom. The molecule has 0 amide bonds. The minimum atomic E-state index is 0.856. The Balaban J connectivity index is 1.25. The molecule has 1 saturated heterocycles. The third-order valence-corrected chi connectivity index (χ3v) is 5.81. The van der Waals surface area contributed by atoms with E-state index in [2.05, 4.69) is 52.0 Å². The fourth-order valence-corrected chi connectivity index (χ4v) is 4.32. The Kier molecular flexibility index (Phi) is 4.28. The zero-order valence-electron chi connectivity index (χ0n) is 13.0. The highest BCUT2D eigenvalue weighted by molar-refractivity contribution is 7.10. The van der Waals surface area contributed by atoms with Crippen molar-refractivity contribution in [1.82, 2.24) is 10.2 Å². The highest BCUT2D eigenvalue weighted by Crippen LogP contribution is 2.31. The number of thiophene rings is 1. The average molecular weight is 312 g/mol. The monoisotopic (exact) mass is 312 g/mol. The fourth-order valence-electron chi connectivity index (χ4n) is 3.46. The summed E-state index contributed by atoms with van der Waals surface area (Å²) in [6.45, 7) is 4.82. The fraction of sp³-hybridized carbons (Fsp3) is 0.474. The van der Waals surface area contributed by atoms with Crippen LogP contribution in [0.5, 0.6) is 0 Å². The predicted molar refractivity (Wildman–Crippen MR) is 94.2 cm³/mol. The van der Waals surface area contributed by atoms with Crippen LogP contribution in [0, 0.1) is 5.92 Å². The third-order valence-electron chi connectivity index (χ3n) is 4.87. The van der Waals surface area contributed by atoms with Crippen molar-refractivity contribution in [3.63, 3.8) is 0 Å². The Labute approximate surface area is 137 Å². The Morgan fingerprint density at radius 3 is 2.77 bits per heavy atom. The summed E-state index contributed by atoms with van der Waals surface area (Å²) in [5, 5.41) is 5.95. The minimum absolute atomic E-state index is 0.856. The molecule has 116 valence electrons. The van der Waals surface area contributed by atoms with E-state index >= 15 is 0 Å². The van der Waals surface area contributed by atoms with Gasteiger partial charge in [-0.25, -0.2) is 0 Å². The second-order valence-corrected chi connectivity index (χ2v) is 7.68. The maximum atomic E-state index is 3.67. The lowest BCUT2D eigenvalue weighted by Gasteiger charge is -2.14. The maximum Gasteiger partial charge on any atom is 0.0300 e. The molecule has 1 aliphatic carbocycles. The molecule has 0 spiro atoms. The van der Waals surface area contributed by atoms with Crippen LogP contribution in [0.3, 0.4) is 0 Å². The highest BCUT2D eigenvalue weighted by atomic mass is 32.1. The van der Waals surface area contributed by atoms with E-state index in [4.69, 9.17) is 0 Å². The summed E-state index contributed by atoms with van der Waals surface area (Å²) in [6, 6.07) is 13.9. The van der Waals surface area contributed by atoms with Crippen LogP contribution in [-0.2, 0) is 6.54 Å². The van der Waals surface area contributed by atoms with E-state index in [-0.39, 0.29) is 0 Å². The van der Waals surface area contributed by atoms with Crippen LogP contribution in [0.1, 0.15) is 24.1 Å². The first-order valence-corrected chi connectivity index (χ1v) is 9.34. The molecule has 1 unspecified atom stereocenters. The molecule has 1 aliphatic heterocycles. The molecule has 0 bridgehead atoms. The smallest absolute Gasteiger partial charge is 0.0300 e. The largest absolute Gasteiger partial charge is 0.312 e. The Morgan fingerprint density at radius 2 is 1.95 bits per heavy atom. The first-order chi connectivity index (χ1) is 10.9. The van der Waals surface area contributed by atoms with Crippen LogP contribution >= 0.6 is 11.3 Å². The minimum Gasteiger partial charge on any atom is -0.312 e. The van der Waals surface area contributed by atoms with Gasteiger partial charge in [-0.15, -0.1) is 11.3 Å². The quantitative estimate of drug-likeness (QED) is 0.867. The van der Waals surface area contributed by atoms with Gasteiger partial charge >= 0.3 is 0 Å². The molecule has 2 fully saturated rings. The summed E-state index contributed by atoms with van der Waals surface area (Å²) in [6.07, 6.45) is 4.26. The van der Waals surface area contributed by atoms with E-state index in [1.165, 1.54) is 54.9 Å². The molecule has 4 rings (SSSR count). The van der Waals surface area contributed by atoms with Gasteiger partial charge in [0.05, 0.1) is 0 Å². The molecule has 3 heteroatoms. The maximum absolute atomic E-state index is 3.67. The lowest BCUT2D eigenvalue weighted by molar-refractivity contribution is 0.312. The first kappa shape index (κ1) is 14.4. The summed E-state index contributed by atoms with van der Waals surface area (Å²) in [4.78, 5) is 4.14. The van der Waals surface area contributed by atoms with Crippen molar-refractivity contribution in [3.05, 3.63) is 46.7 Å². The van der Waals surface area contributed by atoms with Crippen LogP contribution in [0.2, 0.25) is 0 Å². The van der Waals surface area contributed by atoms with Gasteiger partial charge in [0, 0.05) is 24.0 Å². The number of benzene rings is 1. The van der Waals surface area contributed by atoms with E-state index in [1.54, 1.807) is 0 Å². The van der Waals surface area contributed by atoms with E-state index in [0.717, 1.165) is 18.5 Å². The summed E-state index contributed by atoms with van der Waals surface area (Å²) >= 11 is 1.87. The normalized spacial score (nSPS) is 22.3. The number of nitrogens with zero attached hydrogens (tertiary/aromatic N) is 1. The third kappa shape index (κ3) is 3.43. The zero-order valence-corrected chi connectivity index (χ0v) is 13.8. The highest BCUT2D eigenvalue weighted by Gasteiger charge is 2.33. The van der Waals surface area contributed by atoms with Crippen LogP contribution in [0.25, 0.3) is 11.1 Å². The van der Waals surface area contributed by atoms with Gasteiger partial charge in [-0.2, -0.15) is 0 Å². The molecule has 2 aromatic rings. The number of likely N-dealkylation sites (tertiary alicyclic amines) is 1. The van der Waals surface area contributed by atoms with Crippen molar-refractivity contribution in [1.29, 1.82) is 0 Å². The first-order valence-electron chi connectivity index (χ1n) is 8.46. The van der Waals surface area contributed by atoms with Gasteiger partial charge in [0.2, 0.25) is 0 Å². The number of nitrogens with one attached hydrogen (secondary N) is 1. The molecule has 1 saturated carbocycles. The van der Waals surface area contributed by atoms with Gasteiger partial charge in [-0.05, 0) is 60.8 Å². The van der Waals surface area contributed by atoms with E-state index in [0.29, 0.717) is 0 Å². The van der Waals surface area contributed by atoms with Crippen LogP contribution in [-0.4, -0.2) is 30.6 Å². The summed E-state index contributed by atoms with van der Waals surface area (Å²) in [5.41, 5.74) is 2.67. The average Bonchev–Trinajstić information content (AvgIpc) is 3.11. The molecule has 2 nitrogen and oxygen atoms in total. The van der Waals surface area contributed by atoms with E-state index in [1.807, 2.05) is 11.3 Å². The van der Waals surface area contributed by atoms with Crippen molar-refractivity contribution in [2.24, 2.45) is 5.92 Å². The Hall–Kier alpha value is -1.16. The second kappa shape index (κ2) is 6.53. The van der Waals surface area contributed by atoms with Gasteiger partial charge in [-0.3, -0.25) is 0 Å². The number of hydrogen-bond acceptors (Lipinski definition) is 3.